The Hall–Kier alpha value is -0.650. The van der Waals surface area contributed by atoms with Gasteiger partial charge in [0.05, 0.1) is 4.47 Å². The second-order valence-corrected chi connectivity index (χ2v) is 5.40. The third-order valence-electron chi connectivity index (χ3n) is 2.08. The van der Waals surface area contributed by atoms with E-state index in [1.165, 1.54) is 6.33 Å². The smallest absolute Gasteiger partial charge is 0.226 e. The Morgan fingerprint density at radius 1 is 1.24 bits per heavy atom. The maximum absolute atomic E-state index is 5.89. The largest absolute Gasteiger partial charge is 0.437 e. The Morgan fingerprint density at radius 2 is 2.00 bits per heavy atom. The van der Waals surface area contributed by atoms with Crippen LogP contribution in [0.2, 0.25) is 5.15 Å². The Bertz CT molecular complexity index is 563. The molecule has 0 aliphatic heterocycles. The summed E-state index contributed by atoms with van der Waals surface area (Å²) in [5, 5.41) is 0.392. The summed E-state index contributed by atoms with van der Waals surface area (Å²) in [5.74, 6) is 1.12. The number of aromatic nitrogens is 2. The third-order valence-corrected chi connectivity index (χ3v) is 3.57. The topological polar surface area (TPSA) is 35.0 Å². The molecule has 3 nitrogen and oxygen atoms in total. The third kappa shape index (κ3) is 2.97. The van der Waals surface area contributed by atoms with Crippen molar-refractivity contribution in [3.8, 4) is 11.6 Å². The standard InChI is InChI=1S/C11H7Br2ClN2O/c1-6-10(14)15-5-16-11(6)17-9-3-2-7(12)4-8(9)13/h2-5H,1H3. The molecule has 0 bridgehead atoms. The van der Waals surface area contributed by atoms with Gasteiger partial charge in [-0.05, 0) is 41.1 Å². The molecule has 0 spiro atoms. The van der Waals surface area contributed by atoms with Crippen molar-refractivity contribution in [1.82, 2.24) is 9.97 Å². The molecule has 17 heavy (non-hydrogen) atoms. The van der Waals surface area contributed by atoms with Crippen molar-refractivity contribution >= 4 is 43.5 Å². The fourth-order valence-corrected chi connectivity index (χ4v) is 2.43. The van der Waals surface area contributed by atoms with E-state index < -0.39 is 0 Å². The Kier molecular flexibility index (Phi) is 4.01. The minimum absolute atomic E-state index is 0.392. The predicted octanol–water partition coefficient (Wildman–Crippen LogP) is 4.76. The molecule has 1 heterocycles. The van der Waals surface area contributed by atoms with Gasteiger partial charge in [-0.2, -0.15) is 0 Å². The van der Waals surface area contributed by atoms with Crippen LogP contribution in [0.5, 0.6) is 11.6 Å². The van der Waals surface area contributed by atoms with Crippen LogP contribution >= 0.6 is 43.5 Å². The molecule has 6 heteroatoms. The molecule has 0 amide bonds. The molecule has 1 aromatic carbocycles. The van der Waals surface area contributed by atoms with E-state index in [0.29, 0.717) is 22.3 Å². The van der Waals surface area contributed by atoms with Gasteiger partial charge in [-0.25, -0.2) is 9.97 Å². The molecule has 0 radical (unpaired) electrons. The number of halogens is 3. The lowest BCUT2D eigenvalue weighted by molar-refractivity contribution is 0.454. The van der Waals surface area contributed by atoms with Crippen LogP contribution in [0.15, 0.2) is 33.5 Å². The molecule has 0 saturated carbocycles. The van der Waals surface area contributed by atoms with Gasteiger partial charge in [0, 0.05) is 10.0 Å². The zero-order valence-electron chi connectivity index (χ0n) is 8.75. The Morgan fingerprint density at radius 3 is 2.71 bits per heavy atom. The lowest BCUT2D eigenvalue weighted by atomic mass is 10.3. The zero-order valence-corrected chi connectivity index (χ0v) is 12.7. The summed E-state index contributed by atoms with van der Waals surface area (Å²) in [7, 11) is 0. The van der Waals surface area contributed by atoms with Crippen molar-refractivity contribution in [2.45, 2.75) is 6.92 Å². The Labute approximate surface area is 120 Å². The van der Waals surface area contributed by atoms with Gasteiger partial charge in [-0.1, -0.05) is 27.5 Å². The summed E-state index contributed by atoms with van der Waals surface area (Å²) < 4.78 is 7.47. The predicted molar refractivity (Wildman–Crippen MR) is 73.7 cm³/mol. The summed E-state index contributed by atoms with van der Waals surface area (Å²) in [6.45, 7) is 1.81. The average Bonchev–Trinajstić information content (AvgIpc) is 2.28. The van der Waals surface area contributed by atoms with E-state index in [2.05, 4.69) is 41.8 Å². The molecular weight excluding hydrogens is 371 g/mol. The van der Waals surface area contributed by atoms with E-state index in [4.69, 9.17) is 16.3 Å². The van der Waals surface area contributed by atoms with Crippen molar-refractivity contribution in [2.24, 2.45) is 0 Å². The fourth-order valence-electron chi connectivity index (χ4n) is 1.18. The molecule has 0 atom stereocenters. The maximum atomic E-state index is 5.89. The van der Waals surface area contributed by atoms with Gasteiger partial charge in [0.1, 0.15) is 17.2 Å². The van der Waals surface area contributed by atoms with Gasteiger partial charge in [0.2, 0.25) is 5.88 Å². The second-order valence-electron chi connectivity index (χ2n) is 3.27. The highest BCUT2D eigenvalue weighted by Crippen LogP contribution is 2.33. The van der Waals surface area contributed by atoms with Crippen LogP contribution < -0.4 is 4.74 Å². The minimum atomic E-state index is 0.392. The number of hydrogen-bond donors (Lipinski definition) is 0. The number of ether oxygens (including phenoxy) is 1. The van der Waals surface area contributed by atoms with Crippen molar-refractivity contribution in [2.75, 3.05) is 0 Å². The van der Waals surface area contributed by atoms with Crippen LogP contribution in [0, 0.1) is 6.92 Å². The molecule has 1 aromatic heterocycles. The lowest BCUT2D eigenvalue weighted by Crippen LogP contribution is -1.94. The van der Waals surface area contributed by atoms with E-state index in [1.54, 1.807) is 0 Å². The number of nitrogens with zero attached hydrogens (tertiary/aromatic N) is 2. The molecule has 0 aliphatic rings. The van der Waals surface area contributed by atoms with Gasteiger partial charge in [0.25, 0.3) is 0 Å². The first-order valence-corrected chi connectivity index (χ1v) is 6.64. The highest BCUT2D eigenvalue weighted by molar-refractivity contribution is 9.11. The van der Waals surface area contributed by atoms with Crippen molar-refractivity contribution in [3.63, 3.8) is 0 Å². The second kappa shape index (κ2) is 5.33. The van der Waals surface area contributed by atoms with E-state index in [-0.39, 0.29) is 0 Å². The normalized spacial score (nSPS) is 10.4. The first-order valence-electron chi connectivity index (χ1n) is 4.68. The maximum Gasteiger partial charge on any atom is 0.226 e. The first kappa shape index (κ1) is 12.8. The average molecular weight is 378 g/mol. The molecule has 0 saturated heterocycles. The number of rotatable bonds is 2. The number of benzene rings is 1. The summed E-state index contributed by atoms with van der Waals surface area (Å²) >= 11 is 12.7. The monoisotopic (exact) mass is 376 g/mol. The van der Waals surface area contributed by atoms with Crippen LogP contribution in [-0.2, 0) is 0 Å². The minimum Gasteiger partial charge on any atom is -0.437 e. The molecular formula is C11H7Br2ClN2O. The molecule has 88 valence electrons. The van der Waals surface area contributed by atoms with Gasteiger partial charge in [-0.3, -0.25) is 0 Å². The fraction of sp³-hybridized carbons (Fsp3) is 0.0909. The molecule has 0 N–H and O–H groups in total. The van der Waals surface area contributed by atoms with Gasteiger partial charge >= 0.3 is 0 Å². The SMILES string of the molecule is Cc1c(Cl)ncnc1Oc1ccc(Br)cc1Br. The van der Waals surface area contributed by atoms with Crippen LogP contribution in [0.4, 0.5) is 0 Å². The lowest BCUT2D eigenvalue weighted by Gasteiger charge is -2.09. The van der Waals surface area contributed by atoms with E-state index in [0.717, 1.165) is 8.95 Å². The van der Waals surface area contributed by atoms with Crippen LogP contribution in [0.25, 0.3) is 0 Å². The quantitative estimate of drug-likeness (QED) is 0.707. The molecule has 2 rings (SSSR count). The first-order chi connectivity index (χ1) is 8.08. The van der Waals surface area contributed by atoms with Crippen LogP contribution in [0.1, 0.15) is 5.56 Å². The van der Waals surface area contributed by atoms with Gasteiger partial charge < -0.3 is 4.74 Å². The van der Waals surface area contributed by atoms with E-state index >= 15 is 0 Å². The summed E-state index contributed by atoms with van der Waals surface area (Å²) in [6, 6.07) is 5.62. The summed E-state index contributed by atoms with van der Waals surface area (Å²) in [6.07, 6.45) is 1.37. The van der Waals surface area contributed by atoms with E-state index in [1.807, 2.05) is 25.1 Å². The molecule has 0 fully saturated rings. The molecule has 2 aromatic rings. The van der Waals surface area contributed by atoms with Crippen molar-refractivity contribution in [1.29, 1.82) is 0 Å². The summed E-state index contributed by atoms with van der Waals surface area (Å²) in [4.78, 5) is 7.92. The number of hydrogen-bond acceptors (Lipinski definition) is 3. The molecule has 0 aliphatic carbocycles. The van der Waals surface area contributed by atoms with Crippen molar-refractivity contribution in [3.05, 3.63) is 44.2 Å². The van der Waals surface area contributed by atoms with Gasteiger partial charge in [0.15, 0.2) is 0 Å². The highest BCUT2D eigenvalue weighted by Gasteiger charge is 2.09. The summed E-state index contributed by atoms with van der Waals surface area (Å²) in [5.41, 5.74) is 0.712. The van der Waals surface area contributed by atoms with E-state index in [9.17, 15) is 0 Å². The zero-order chi connectivity index (χ0) is 12.4. The van der Waals surface area contributed by atoms with Gasteiger partial charge in [-0.15, -0.1) is 0 Å². The highest BCUT2D eigenvalue weighted by atomic mass is 79.9. The van der Waals surface area contributed by atoms with Crippen molar-refractivity contribution < 1.29 is 4.74 Å². The Balaban J connectivity index is 2.35. The van der Waals surface area contributed by atoms with Crippen LogP contribution in [0.3, 0.4) is 0 Å². The molecule has 0 unspecified atom stereocenters. The van der Waals surface area contributed by atoms with Crippen LogP contribution in [-0.4, -0.2) is 9.97 Å².